The fourth-order valence-electron chi connectivity index (χ4n) is 2.57. The lowest BCUT2D eigenvalue weighted by molar-refractivity contribution is 0.395. The van der Waals surface area contributed by atoms with Crippen LogP contribution < -0.4 is 4.74 Å². The number of pyridine rings is 1. The van der Waals surface area contributed by atoms with Crippen LogP contribution in [-0.4, -0.2) is 17.1 Å². The van der Waals surface area contributed by atoms with Crippen molar-refractivity contribution in [1.82, 2.24) is 9.97 Å². The number of aryl methyl sites for hydroxylation is 2. The lowest BCUT2D eigenvalue weighted by Gasteiger charge is -2.09. The molecule has 0 aliphatic heterocycles. The normalized spacial score (nSPS) is 11.4. The number of rotatable bonds is 5. The SMILES string of the molecule is CCCc1cc(/C=C/c2nc3ccccc3o2)c(OC)nc1C. The molecule has 0 bridgehead atoms. The summed E-state index contributed by atoms with van der Waals surface area (Å²) in [6.07, 6.45) is 5.88. The largest absolute Gasteiger partial charge is 0.481 e. The Morgan fingerprint density at radius 2 is 2.00 bits per heavy atom. The molecule has 0 saturated carbocycles. The van der Waals surface area contributed by atoms with E-state index in [4.69, 9.17) is 9.15 Å². The number of benzene rings is 1. The summed E-state index contributed by atoms with van der Waals surface area (Å²) < 4.78 is 11.1. The summed E-state index contributed by atoms with van der Waals surface area (Å²) in [6, 6.07) is 9.85. The van der Waals surface area contributed by atoms with Crippen molar-refractivity contribution >= 4 is 23.3 Å². The molecule has 0 atom stereocenters. The zero-order chi connectivity index (χ0) is 16.2. The quantitative estimate of drug-likeness (QED) is 0.687. The number of para-hydroxylation sites is 2. The van der Waals surface area contributed by atoms with Gasteiger partial charge in [-0.25, -0.2) is 9.97 Å². The maximum absolute atomic E-state index is 5.71. The number of hydrogen-bond acceptors (Lipinski definition) is 4. The monoisotopic (exact) mass is 308 g/mol. The Kier molecular flexibility index (Phi) is 4.42. The van der Waals surface area contributed by atoms with Crippen molar-refractivity contribution < 1.29 is 9.15 Å². The molecule has 0 spiro atoms. The number of hydrogen-bond donors (Lipinski definition) is 0. The van der Waals surface area contributed by atoms with Gasteiger partial charge in [-0.3, -0.25) is 0 Å². The smallest absolute Gasteiger partial charge is 0.220 e. The molecule has 4 nitrogen and oxygen atoms in total. The molecule has 0 aliphatic rings. The van der Waals surface area contributed by atoms with Crippen molar-refractivity contribution in [2.75, 3.05) is 7.11 Å². The minimum Gasteiger partial charge on any atom is -0.481 e. The van der Waals surface area contributed by atoms with Crippen LogP contribution in [0.1, 0.15) is 36.1 Å². The Balaban J connectivity index is 1.95. The topological polar surface area (TPSA) is 48.2 Å². The van der Waals surface area contributed by atoms with E-state index < -0.39 is 0 Å². The maximum atomic E-state index is 5.71. The van der Waals surface area contributed by atoms with E-state index in [-0.39, 0.29) is 0 Å². The molecule has 0 aliphatic carbocycles. The summed E-state index contributed by atoms with van der Waals surface area (Å²) in [5, 5.41) is 0. The van der Waals surface area contributed by atoms with E-state index in [1.807, 2.05) is 43.3 Å². The van der Waals surface area contributed by atoms with Crippen molar-refractivity contribution in [2.45, 2.75) is 26.7 Å². The van der Waals surface area contributed by atoms with Gasteiger partial charge in [-0.15, -0.1) is 0 Å². The van der Waals surface area contributed by atoms with Crippen LogP contribution in [0.4, 0.5) is 0 Å². The molecular weight excluding hydrogens is 288 g/mol. The Bertz CT molecular complexity index is 817. The average Bonchev–Trinajstić information content (AvgIpc) is 2.98. The molecule has 0 fully saturated rings. The van der Waals surface area contributed by atoms with Crippen LogP contribution in [0, 0.1) is 6.92 Å². The highest BCUT2D eigenvalue weighted by molar-refractivity contribution is 5.76. The zero-order valence-corrected chi connectivity index (χ0v) is 13.7. The number of aromatic nitrogens is 2. The van der Waals surface area contributed by atoms with E-state index in [2.05, 4.69) is 23.0 Å². The first kappa shape index (κ1) is 15.3. The number of fused-ring (bicyclic) bond motifs is 1. The maximum Gasteiger partial charge on any atom is 0.220 e. The van der Waals surface area contributed by atoms with Crippen LogP contribution in [0.15, 0.2) is 34.7 Å². The van der Waals surface area contributed by atoms with Crippen LogP contribution >= 0.6 is 0 Å². The predicted octanol–water partition coefficient (Wildman–Crippen LogP) is 4.66. The number of methoxy groups -OCH3 is 1. The molecule has 3 aromatic rings. The van der Waals surface area contributed by atoms with Gasteiger partial charge in [0, 0.05) is 17.3 Å². The number of ether oxygens (including phenoxy) is 1. The van der Waals surface area contributed by atoms with Gasteiger partial charge in [0.2, 0.25) is 11.8 Å². The van der Waals surface area contributed by atoms with Gasteiger partial charge in [-0.05, 0) is 43.2 Å². The van der Waals surface area contributed by atoms with Gasteiger partial charge in [0.1, 0.15) is 5.52 Å². The van der Waals surface area contributed by atoms with Gasteiger partial charge in [0.25, 0.3) is 0 Å². The van der Waals surface area contributed by atoms with Gasteiger partial charge in [-0.1, -0.05) is 25.5 Å². The highest BCUT2D eigenvalue weighted by Gasteiger charge is 2.08. The van der Waals surface area contributed by atoms with Crippen LogP contribution in [0.2, 0.25) is 0 Å². The molecule has 3 rings (SSSR count). The van der Waals surface area contributed by atoms with Crippen molar-refractivity contribution in [3.05, 3.63) is 53.0 Å². The third-order valence-electron chi connectivity index (χ3n) is 3.74. The lowest BCUT2D eigenvalue weighted by Crippen LogP contribution is -1.98. The third-order valence-corrected chi connectivity index (χ3v) is 3.74. The van der Waals surface area contributed by atoms with Crippen LogP contribution in [0.3, 0.4) is 0 Å². The summed E-state index contributed by atoms with van der Waals surface area (Å²) in [7, 11) is 1.64. The highest BCUT2D eigenvalue weighted by Crippen LogP contribution is 2.23. The summed E-state index contributed by atoms with van der Waals surface area (Å²) in [4.78, 5) is 8.99. The molecule has 4 heteroatoms. The highest BCUT2D eigenvalue weighted by atomic mass is 16.5. The van der Waals surface area contributed by atoms with Crippen molar-refractivity contribution in [3.8, 4) is 5.88 Å². The summed E-state index contributed by atoms with van der Waals surface area (Å²) in [5.74, 6) is 1.19. The molecule has 1 aromatic carbocycles. The molecule has 0 radical (unpaired) electrons. The van der Waals surface area contributed by atoms with Gasteiger partial charge in [0.05, 0.1) is 7.11 Å². The average molecular weight is 308 g/mol. The minimum atomic E-state index is 0.575. The molecular formula is C19H20N2O2. The molecule has 23 heavy (non-hydrogen) atoms. The van der Waals surface area contributed by atoms with E-state index in [1.54, 1.807) is 7.11 Å². The predicted molar refractivity (Wildman–Crippen MR) is 92.5 cm³/mol. The second-order valence-electron chi connectivity index (χ2n) is 5.43. The van der Waals surface area contributed by atoms with Gasteiger partial charge in [0.15, 0.2) is 5.58 Å². The number of oxazole rings is 1. The van der Waals surface area contributed by atoms with Crippen LogP contribution in [0.5, 0.6) is 5.88 Å². The Hall–Kier alpha value is -2.62. The van der Waals surface area contributed by atoms with Crippen LogP contribution in [0.25, 0.3) is 23.3 Å². The van der Waals surface area contributed by atoms with E-state index in [9.17, 15) is 0 Å². The molecule has 2 aromatic heterocycles. The molecule has 0 N–H and O–H groups in total. The van der Waals surface area contributed by atoms with Gasteiger partial charge < -0.3 is 9.15 Å². The zero-order valence-electron chi connectivity index (χ0n) is 13.7. The van der Waals surface area contributed by atoms with Gasteiger partial charge >= 0.3 is 0 Å². The summed E-state index contributed by atoms with van der Waals surface area (Å²) in [5.41, 5.74) is 4.83. The molecule has 0 saturated heterocycles. The first-order valence-electron chi connectivity index (χ1n) is 7.79. The minimum absolute atomic E-state index is 0.575. The third kappa shape index (κ3) is 3.26. The first-order chi connectivity index (χ1) is 11.2. The molecule has 2 heterocycles. The van der Waals surface area contributed by atoms with Crippen LogP contribution in [-0.2, 0) is 6.42 Å². The second-order valence-corrected chi connectivity index (χ2v) is 5.43. The van der Waals surface area contributed by atoms with E-state index >= 15 is 0 Å². The first-order valence-corrected chi connectivity index (χ1v) is 7.79. The Morgan fingerprint density at radius 1 is 1.17 bits per heavy atom. The fourth-order valence-corrected chi connectivity index (χ4v) is 2.57. The second kappa shape index (κ2) is 6.65. The molecule has 118 valence electrons. The molecule has 0 unspecified atom stereocenters. The van der Waals surface area contributed by atoms with Crippen molar-refractivity contribution in [2.24, 2.45) is 0 Å². The number of nitrogens with zero attached hydrogens (tertiary/aromatic N) is 2. The Labute approximate surface area is 135 Å². The standard InChI is InChI=1S/C19H20N2O2/c1-4-7-14-12-15(19(22-3)20-13(14)2)10-11-18-21-16-8-5-6-9-17(16)23-18/h5-6,8-12H,4,7H2,1-3H3/b11-10+. The summed E-state index contributed by atoms with van der Waals surface area (Å²) >= 11 is 0. The van der Waals surface area contributed by atoms with E-state index in [0.29, 0.717) is 11.8 Å². The van der Waals surface area contributed by atoms with Crippen molar-refractivity contribution in [1.29, 1.82) is 0 Å². The Morgan fingerprint density at radius 3 is 2.74 bits per heavy atom. The van der Waals surface area contributed by atoms with Crippen molar-refractivity contribution in [3.63, 3.8) is 0 Å². The lowest BCUT2D eigenvalue weighted by atomic mass is 10.1. The molecule has 0 amide bonds. The fraction of sp³-hybridized carbons (Fsp3) is 0.263. The van der Waals surface area contributed by atoms with E-state index in [1.165, 1.54) is 5.56 Å². The van der Waals surface area contributed by atoms with Gasteiger partial charge in [-0.2, -0.15) is 0 Å². The summed E-state index contributed by atoms with van der Waals surface area (Å²) in [6.45, 7) is 4.18. The van der Waals surface area contributed by atoms with E-state index in [0.717, 1.165) is 35.2 Å².